The molecule has 0 bridgehead atoms. The SMILES string of the molecule is CCN(CCO)CC(=O)Nc1ccc(N2CCN(Cc3ccccc3)CC2)cc1. The second-order valence-corrected chi connectivity index (χ2v) is 7.44. The molecule has 2 aromatic rings. The maximum atomic E-state index is 12.2. The summed E-state index contributed by atoms with van der Waals surface area (Å²) in [6.07, 6.45) is 0. The van der Waals surface area contributed by atoms with E-state index in [1.807, 2.05) is 24.0 Å². The summed E-state index contributed by atoms with van der Waals surface area (Å²) in [4.78, 5) is 19.0. The fraction of sp³-hybridized carbons (Fsp3) is 0.435. The first kappa shape index (κ1) is 21.3. The molecule has 1 aliphatic heterocycles. The number of aliphatic hydroxyl groups excluding tert-OH is 1. The van der Waals surface area contributed by atoms with Gasteiger partial charge >= 0.3 is 0 Å². The summed E-state index contributed by atoms with van der Waals surface area (Å²) in [7, 11) is 0. The first-order valence-electron chi connectivity index (χ1n) is 10.4. The summed E-state index contributed by atoms with van der Waals surface area (Å²) in [6.45, 7) is 8.70. The number of hydrogen-bond donors (Lipinski definition) is 2. The summed E-state index contributed by atoms with van der Waals surface area (Å²) >= 11 is 0. The minimum Gasteiger partial charge on any atom is -0.395 e. The third-order valence-corrected chi connectivity index (χ3v) is 5.37. The van der Waals surface area contributed by atoms with Gasteiger partial charge in [-0.25, -0.2) is 0 Å². The lowest BCUT2D eigenvalue weighted by atomic mass is 10.2. The minimum absolute atomic E-state index is 0.0532. The molecule has 0 saturated carbocycles. The van der Waals surface area contributed by atoms with Crippen LogP contribution in [0.2, 0.25) is 0 Å². The Hall–Kier alpha value is -2.41. The lowest BCUT2D eigenvalue weighted by Gasteiger charge is -2.36. The van der Waals surface area contributed by atoms with Gasteiger partial charge in [0.25, 0.3) is 0 Å². The van der Waals surface area contributed by atoms with E-state index in [1.54, 1.807) is 0 Å². The second kappa shape index (κ2) is 11.0. The number of amides is 1. The van der Waals surface area contributed by atoms with Gasteiger partial charge in [-0.1, -0.05) is 37.3 Å². The fourth-order valence-electron chi connectivity index (χ4n) is 3.66. The molecule has 0 atom stereocenters. The predicted octanol–water partition coefficient (Wildman–Crippen LogP) is 2.26. The number of carbonyl (C=O) groups is 1. The van der Waals surface area contributed by atoms with Gasteiger partial charge in [0.1, 0.15) is 0 Å². The van der Waals surface area contributed by atoms with Crippen LogP contribution in [-0.2, 0) is 11.3 Å². The average Bonchev–Trinajstić information content (AvgIpc) is 2.75. The fourth-order valence-corrected chi connectivity index (χ4v) is 3.66. The van der Waals surface area contributed by atoms with Gasteiger partial charge in [0, 0.05) is 50.6 Å². The molecule has 3 rings (SSSR count). The van der Waals surface area contributed by atoms with E-state index in [1.165, 1.54) is 11.3 Å². The molecular weight excluding hydrogens is 364 g/mol. The number of nitrogens with zero attached hydrogens (tertiary/aromatic N) is 3. The molecular formula is C23H32N4O2. The van der Waals surface area contributed by atoms with E-state index in [-0.39, 0.29) is 12.5 Å². The quantitative estimate of drug-likeness (QED) is 0.681. The van der Waals surface area contributed by atoms with Gasteiger partial charge < -0.3 is 15.3 Å². The number of nitrogens with one attached hydrogen (secondary N) is 1. The predicted molar refractivity (Wildman–Crippen MR) is 118 cm³/mol. The number of carbonyl (C=O) groups excluding carboxylic acids is 1. The molecule has 0 radical (unpaired) electrons. The highest BCUT2D eigenvalue weighted by molar-refractivity contribution is 5.92. The maximum Gasteiger partial charge on any atom is 0.238 e. The third kappa shape index (κ3) is 6.56. The smallest absolute Gasteiger partial charge is 0.238 e. The van der Waals surface area contributed by atoms with Crippen LogP contribution in [0.3, 0.4) is 0 Å². The Kier molecular flexibility index (Phi) is 8.04. The minimum atomic E-state index is -0.0532. The van der Waals surface area contributed by atoms with Crippen LogP contribution in [0.25, 0.3) is 0 Å². The van der Waals surface area contributed by atoms with Crippen LogP contribution in [-0.4, -0.2) is 73.2 Å². The van der Waals surface area contributed by atoms with Crippen LogP contribution in [0.1, 0.15) is 12.5 Å². The molecule has 29 heavy (non-hydrogen) atoms. The highest BCUT2D eigenvalue weighted by Crippen LogP contribution is 2.20. The van der Waals surface area contributed by atoms with E-state index < -0.39 is 0 Å². The molecule has 0 unspecified atom stereocenters. The molecule has 1 aliphatic rings. The van der Waals surface area contributed by atoms with Crippen molar-refractivity contribution in [3.63, 3.8) is 0 Å². The van der Waals surface area contributed by atoms with E-state index in [9.17, 15) is 4.79 Å². The summed E-state index contributed by atoms with van der Waals surface area (Å²) in [5, 5.41) is 12.0. The number of rotatable bonds is 9. The van der Waals surface area contributed by atoms with E-state index in [0.29, 0.717) is 13.1 Å². The third-order valence-electron chi connectivity index (χ3n) is 5.37. The molecule has 1 saturated heterocycles. The summed E-state index contributed by atoms with van der Waals surface area (Å²) in [6, 6.07) is 18.7. The molecule has 1 fully saturated rings. The van der Waals surface area contributed by atoms with Crippen LogP contribution in [0.15, 0.2) is 54.6 Å². The molecule has 6 heteroatoms. The highest BCUT2D eigenvalue weighted by Gasteiger charge is 2.17. The standard InChI is InChI=1S/C23H32N4O2/c1-2-25(16-17-28)19-23(29)24-21-8-10-22(11-9-21)27-14-12-26(13-15-27)18-20-6-4-3-5-7-20/h3-11,28H,2,12-19H2,1H3,(H,24,29). The Morgan fingerprint density at radius 1 is 1.03 bits per heavy atom. The van der Waals surface area contributed by atoms with Gasteiger partial charge in [0.15, 0.2) is 0 Å². The molecule has 1 amide bonds. The molecule has 0 spiro atoms. The van der Waals surface area contributed by atoms with Crippen molar-refractivity contribution in [3.8, 4) is 0 Å². The molecule has 0 aliphatic carbocycles. The van der Waals surface area contributed by atoms with Crippen molar-refractivity contribution in [2.24, 2.45) is 0 Å². The summed E-state index contributed by atoms with van der Waals surface area (Å²) in [5.74, 6) is -0.0532. The van der Waals surface area contributed by atoms with Crippen molar-refractivity contribution in [1.29, 1.82) is 0 Å². The number of aliphatic hydroxyl groups is 1. The van der Waals surface area contributed by atoms with Crippen molar-refractivity contribution in [2.45, 2.75) is 13.5 Å². The van der Waals surface area contributed by atoms with Crippen LogP contribution in [0.4, 0.5) is 11.4 Å². The van der Waals surface area contributed by atoms with Crippen LogP contribution >= 0.6 is 0 Å². The monoisotopic (exact) mass is 396 g/mol. The van der Waals surface area contributed by atoms with Gasteiger partial charge in [-0.2, -0.15) is 0 Å². The Morgan fingerprint density at radius 3 is 2.34 bits per heavy atom. The van der Waals surface area contributed by atoms with Crippen molar-refractivity contribution >= 4 is 17.3 Å². The van der Waals surface area contributed by atoms with E-state index in [4.69, 9.17) is 5.11 Å². The molecule has 2 N–H and O–H groups in total. The Labute approximate surface area is 173 Å². The molecule has 6 nitrogen and oxygen atoms in total. The zero-order valence-electron chi connectivity index (χ0n) is 17.3. The summed E-state index contributed by atoms with van der Waals surface area (Å²) in [5.41, 5.74) is 3.36. The normalized spacial score (nSPS) is 14.9. The Bertz CT molecular complexity index is 743. The lowest BCUT2D eigenvalue weighted by Crippen LogP contribution is -2.45. The first-order valence-corrected chi connectivity index (χ1v) is 10.4. The topological polar surface area (TPSA) is 59.1 Å². The van der Waals surface area contributed by atoms with Gasteiger partial charge in [-0.05, 0) is 36.4 Å². The molecule has 2 aromatic carbocycles. The van der Waals surface area contributed by atoms with Gasteiger partial charge in [0.05, 0.1) is 13.2 Å². The largest absolute Gasteiger partial charge is 0.395 e. The van der Waals surface area contributed by atoms with E-state index >= 15 is 0 Å². The lowest BCUT2D eigenvalue weighted by molar-refractivity contribution is -0.117. The van der Waals surface area contributed by atoms with E-state index in [0.717, 1.165) is 45.0 Å². The van der Waals surface area contributed by atoms with Crippen molar-refractivity contribution < 1.29 is 9.90 Å². The van der Waals surface area contributed by atoms with E-state index in [2.05, 4.69) is 57.6 Å². The molecule has 1 heterocycles. The van der Waals surface area contributed by atoms with Gasteiger partial charge in [-0.15, -0.1) is 0 Å². The van der Waals surface area contributed by atoms with Gasteiger partial charge in [-0.3, -0.25) is 14.6 Å². The number of benzene rings is 2. The number of piperazine rings is 1. The molecule has 0 aromatic heterocycles. The highest BCUT2D eigenvalue weighted by atomic mass is 16.3. The molecule has 156 valence electrons. The Balaban J connectivity index is 1.46. The number of hydrogen-bond acceptors (Lipinski definition) is 5. The van der Waals surface area contributed by atoms with Crippen LogP contribution in [0.5, 0.6) is 0 Å². The number of likely N-dealkylation sites (N-methyl/N-ethyl adjacent to an activating group) is 1. The zero-order chi connectivity index (χ0) is 20.5. The van der Waals surface area contributed by atoms with Crippen molar-refractivity contribution in [2.75, 3.05) is 62.6 Å². The number of anilines is 2. The summed E-state index contributed by atoms with van der Waals surface area (Å²) < 4.78 is 0. The average molecular weight is 397 g/mol. The zero-order valence-corrected chi connectivity index (χ0v) is 17.3. The first-order chi connectivity index (χ1) is 14.2. The van der Waals surface area contributed by atoms with Crippen molar-refractivity contribution in [1.82, 2.24) is 9.80 Å². The maximum absolute atomic E-state index is 12.2. The second-order valence-electron chi connectivity index (χ2n) is 7.44. The van der Waals surface area contributed by atoms with Gasteiger partial charge in [0.2, 0.25) is 5.91 Å². The van der Waals surface area contributed by atoms with Crippen LogP contribution < -0.4 is 10.2 Å². The van der Waals surface area contributed by atoms with Crippen molar-refractivity contribution in [3.05, 3.63) is 60.2 Å². The Morgan fingerprint density at radius 2 is 1.72 bits per heavy atom. The van der Waals surface area contributed by atoms with Crippen LogP contribution in [0, 0.1) is 0 Å².